The number of piperidine rings is 1. The zero-order valence-corrected chi connectivity index (χ0v) is 19.6. The van der Waals surface area contributed by atoms with Gasteiger partial charge in [0.1, 0.15) is 0 Å². The molecule has 1 fully saturated rings. The lowest BCUT2D eigenvalue weighted by Gasteiger charge is -2.43. The Bertz CT molecular complexity index is 944. The van der Waals surface area contributed by atoms with E-state index >= 15 is 4.39 Å². The average Bonchev–Trinajstić information content (AvgIpc) is 2.80. The van der Waals surface area contributed by atoms with E-state index in [-0.39, 0.29) is 24.1 Å². The average molecular weight is 477 g/mol. The second kappa shape index (κ2) is 11.6. The maximum absolute atomic E-state index is 15.7. The fraction of sp³-hybridized carbons (Fsp3) is 0.462. The van der Waals surface area contributed by atoms with Crippen molar-refractivity contribution in [3.05, 3.63) is 78.2 Å². The fourth-order valence-corrected chi connectivity index (χ4v) is 4.46. The molecular formula is C26H32F4N4. The third kappa shape index (κ3) is 6.88. The molecule has 4 atom stereocenters. The molecule has 1 N–H and O–H groups in total. The number of nitrogens with one attached hydrogen (secondary N) is 1. The maximum atomic E-state index is 15.7. The molecule has 34 heavy (non-hydrogen) atoms. The minimum Gasteiger partial charge on any atom is -0.311 e. The first kappa shape index (κ1) is 25.9. The molecular weight excluding hydrogens is 444 g/mol. The molecule has 0 aliphatic carbocycles. The van der Waals surface area contributed by atoms with Crippen LogP contribution in [0.3, 0.4) is 0 Å². The molecule has 4 nitrogen and oxygen atoms in total. The third-order valence-electron chi connectivity index (χ3n) is 6.18. The second-order valence-corrected chi connectivity index (χ2v) is 8.78. The Morgan fingerprint density at radius 1 is 1.18 bits per heavy atom. The van der Waals surface area contributed by atoms with Crippen molar-refractivity contribution in [1.82, 2.24) is 15.3 Å². The van der Waals surface area contributed by atoms with Crippen LogP contribution in [0.5, 0.6) is 0 Å². The lowest BCUT2D eigenvalue weighted by molar-refractivity contribution is -0.0884. The summed E-state index contributed by atoms with van der Waals surface area (Å²) in [6.07, 6.45) is 0.960. The van der Waals surface area contributed by atoms with Gasteiger partial charge in [0.05, 0.1) is 5.57 Å². The molecule has 1 aromatic heterocycles. The Morgan fingerprint density at radius 2 is 1.82 bits per heavy atom. The van der Waals surface area contributed by atoms with Gasteiger partial charge in [0.25, 0.3) is 0 Å². The minimum atomic E-state index is -4.57. The molecule has 8 heteroatoms. The summed E-state index contributed by atoms with van der Waals surface area (Å²) in [6.45, 7) is 7.12. The molecule has 1 aromatic carbocycles. The summed E-state index contributed by atoms with van der Waals surface area (Å²) < 4.78 is 55.1. The number of rotatable bonds is 9. The van der Waals surface area contributed by atoms with Crippen LogP contribution in [0.15, 0.2) is 67.0 Å². The highest BCUT2D eigenvalue weighted by Gasteiger charge is 2.37. The molecule has 0 radical (unpaired) electrons. The molecule has 1 aliphatic heterocycles. The first-order valence-corrected chi connectivity index (χ1v) is 11.6. The van der Waals surface area contributed by atoms with Gasteiger partial charge in [-0.15, -0.1) is 0 Å². The van der Waals surface area contributed by atoms with Gasteiger partial charge in [0, 0.05) is 36.9 Å². The van der Waals surface area contributed by atoms with Crippen LogP contribution in [0.1, 0.15) is 43.7 Å². The summed E-state index contributed by atoms with van der Waals surface area (Å²) in [7, 11) is 0. The van der Waals surface area contributed by atoms with Crippen molar-refractivity contribution < 1.29 is 17.6 Å². The lowest BCUT2D eigenvalue weighted by Crippen LogP contribution is -2.55. The van der Waals surface area contributed by atoms with Gasteiger partial charge in [-0.3, -0.25) is 0 Å². The first-order valence-electron chi connectivity index (χ1n) is 11.6. The monoisotopic (exact) mass is 476 g/mol. The quantitative estimate of drug-likeness (QED) is 0.270. The summed E-state index contributed by atoms with van der Waals surface area (Å²) in [6, 6.07) is 10.0. The van der Waals surface area contributed by atoms with E-state index in [0.29, 0.717) is 18.9 Å². The van der Waals surface area contributed by atoms with Crippen LogP contribution < -0.4 is 10.2 Å². The van der Waals surface area contributed by atoms with Gasteiger partial charge in [0.15, 0.2) is 6.30 Å². The normalized spacial score (nSPS) is 22.3. The standard InChI is InChI=1S/C26H32F4N4/c1-4-20(26(28,29)30)11-12-24(27)34(25-31-16-18(3)17-32-25)23-14-21(5-2)33-22(15-23)13-19-9-7-6-8-10-19/h4,6-11,16-17,21-24,33H,1,5,12-15H2,2-3H3/b20-11+/t21-,22?,23+,24?/m1/s1. The molecule has 1 saturated heterocycles. The number of halogens is 4. The van der Waals surface area contributed by atoms with Crippen LogP contribution in [-0.4, -0.2) is 40.6 Å². The van der Waals surface area contributed by atoms with Crippen molar-refractivity contribution in [1.29, 1.82) is 0 Å². The van der Waals surface area contributed by atoms with Gasteiger partial charge in [0.2, 0.25) is 5.95 Å². The van der Waals surface area contributed by atoms with Crippen molar-refractivity contribution in [2.75, 3.05) is 4.90 Å². The molecule has 2 heterocycles. The third-order valence-corrected chi connectivity index (χ3v) is 6.18. The van der Waals surface area contributed by atoms with Crippen molar-refractivity contribution in [2.45, 2.75) is 76.5 Å². The Morgan fingerprint density at radius 3 is 2.41 bits per heavy atom. The molecule has 1 aliphatic rings. The molecule has 3 rings (SSSR count). The Hall–Kier alpha value is -2.74. The summed E-state index contributed by atoms with van der Waals surface area (Å²) in [5.74, 6) is 0.193. The van der Waals surface area contributed by atoms with Gasteiger partial charge in [-0.1, -0.05) is 56.0 Å². The topological polar surface area (TPSA) is 41.1 Å². The number of anilines is 1. The number of nitrogens with zero attached hydrogens (tertiary/aromatic N) is 3. The Labute approximate surface area is 198 Å². The van der Waals surface area contributed by atoms with Crippen LogP contribution in [0.25, 0.3) is 0 Å². The minimum absolute atomic E-state index is 0.0979. The van der Waals surface area contributed by atoms with E-state index in [9.17, 15) is 13.2 Å². The van der Waals surface area contributed by atoms with Crippen LogP contribution >= 0.6 is 0 Å². The number of aromatic nitrogens is 2. The largest absolute Gasteiger partial charge is 0.416 e. The number of allylic oxidation sites excluding steroid dienone is 2. The number of hydrogen-bond donors (Lipinski definition) is 1. The highest BCUT2D eigenvalue weighted by Crippen LogP contribution is 2.31. The number of alkyl halides is 4. The van der Waals surface area contributed by atoms with E-state index in [1.165, 1.54) is 10.5 Å². The summed E-state index contributed by atoms with van der Waals surface area (Å²) in [5, 5.41) is 3.65. The van der Waals surface area contributed by atoms with Crippen LogP contribution in [0, 0.1) is 6.92 Å². The molecule has 2 aromatic rings. The van der Waals surface area contributed by atoms with Gasteiger partial charge in [-0.2, -0.15) is 13.2 Å². The summed E-state index contributed by atoms with van der Waals surface area (Å²) in [5.41, 5.74) is 1.05. The summed E-state index contributed by atoms with van der Waals surface area (Å²) >= 11 is 0. The zero-order chi connectivity index (χ0) is 24.7. The molecule has 0 spiro atoms. The number of benzene rings is 1. The van der Waals surface area contributed by atoms with Gasteiger partial charge < -0.3 is 10.2 Å². The van der Waals surface area contributed by atoms with Crippen molar-refractivity contribution in [3.63, 3.8) is 0 Å². The van der Waals surface area contributed by atoms with Gasteiger partial charge in [-0.25, -0.2) is 14.4 Å². The zero-order valence-electron chi connectivity index (χ0n) is 19.6. The van der Waals surface area contributed by atoms with Crippen molar-refractivity contribution in [3.8, 4) is 0 Å². The fourth-order valence-electron chi connectivity index (χ4n) is 4.46. The van der Waals surface area contributed by atoms with E-state index in [1.807, 2.05) is 25.1 Å². The predicted octanol–water partition coefficient (Wildman–Crippen LogP) is 6.09. The smallest absolute Gasteiger partial charge is 0.311 e. The maximum Gasteiger partial charge on any atom is 0.416 e. The van der Waals surface area contributed by atoms with E-state index < -0.39 is 24.5 Å². The van der Waals surface area contributed by atoms with Crippen molar-refractivity contribution in [2.24, 2.45) is 0 Å². The van der Waals surface area contributed by atoms with E-state index in [1.54, 1.807) is 12.4 Å². The van der Waals surface area contributed by atoms with E-state index in [2.05, 4.69) is 40.9 Å². The van der Waals surface area contributed by atoms with Crippen molar-refractivity contribution >= 4 is 5.95 Å². The number of aryl methyl sites for hydroxylation is 1. The first-order chi connectivity index (χ1) is 16.2. The van der Waals surface area contributed by atoms with E-state index in [0.717, 1.165) is 24.5 Å². The van der Waals surface area contributed by atoms with E-state index in [4.69, 9.17) is 0 Å². The molecule has 0 amide bonds. The van der Waals surface area contributed by atoms with Crippen LogP contribution in [0.2, 0.25) is 0 Å². The summed E-state index contributed by atoms with van der Waals surface area (Å²) in [4.78, 5) is 10.1. The Balaban J connectivity index is 1.88. The molecule has 0 saturated carbocycles. The SMILES string of the molecule is C=C/C(=C\CC(F)N(c1ncc(C)cn1)[C@@H]1CC(Cc2ccccc2)N[C@H](CC)C1)C(F)(F)F. The second-order valence-electron chi connectivity index (χ2n) is 8.78. The van der Waals surface area contributed by atoms with Crippen LogP contribution in [0.4, 0.5) is 23.5 Å². The van der Waals surface area contributed by atoms with Gasteiger partial charge >= 0.3 is 6.18 Å². The number of hydrogen-bond acceptors (Lipinski definition) is 4. The lowest BCUT2D eigenvalue weighted by atomic mass is 9.88. The highest BCUT2D eigenvalue weighted by atomic mass is 19.4. The Kier molecular flexibility index (Phi) is 8.83. The van der Waals surface area contributed by atoms with Gasteiger partial charge in [-0.05, 0) is 43.7 Å². The molecule has 184 valence electrons. The molecule has 0 bridgehead atoms. The predicted molar refractivity (Wildman–Crippen MR) is 127 cm³/mol. The molecule has 2 unspecified atom stereocenters. The highest BCUT2D eigenvalue weighted by molar-refractivity contribution is 5.34. The van der Waals surface area contributed by atoms with Crippen LogP contribution in [-0.2, 0) is 6.42 Å².